The fourth-order valence-corrected chi connectivity index (χ4v) is 3.60. The van der Waals surface area contributed by atoms with Gasteiger partial charge in [-0.3, -0.25) is 9.69 Å². The molecule has 2 aliphatic rings. The van der Waals surface area contributed by atoms with Crippen LogP contribution in [-0.2, 0) is 6.54 Å². The van der Waals surface area contributed by atoms with Crippen LogP contribution in [0.25, 0.3) is 0 Å². The number of hydrogen-bond acceptors (Lipinski definition) is 4. The average Bonchev–Trinajstić information content (AvgIpc) is 3.12. The third kappa shape index (κ3) is 4.60. The summed E-state index contributed by atoms with van der Waals surface area (Å²) >= 11 is 0. The Hall–Kier alpha value is -2.11. The monoisotopic (exact) mass is 391 g/mol. The highest BCUT2D eigenvalue weighted by Crippen LogP contribution is 2.35. The Morgan fingerprint density at radius 1 is 1.04 bits per heavy atom. The predicted molar refractivity (Wildman–Crippen MR) is 104 cm³/mol. The van der Waals surface area contributed by atoms with Gasteiger partial charge in [0.1, 0.15) is 5.67 Å². The molecule has 0 saturated carbocycles. The lowest BCUT2D eigenvalue weighted by Crippen LogP contribution is -2.42. The lowest BCUT2D eigenvalue weighted by molar-refractivity contribution is 0.0439. The molecule has 0 unspecified atom stereocenters. The van der Waals surface area contributed by atoms with E-state index in [0.29, 0.717) is 31.5 Å². The maximum atomic E-state index is 15.1. The minimum atomic E-state index is -1.40. The van der Waals surface area contributed by atoms with Gasteiger partial charge in [-0.1, -0.05) is 36.4 Å². The fourth-order valence-electron chi connectivity index (χ4n) is 3.60. The number of alkyl halides is 1. The molecule has 1 saturated heterocycles. The number of fused-ring (bicyclic) bond motifs is 1. The van der Waals surface area contributed by atoms with Gasteiger partial charge < -0.3 is 9.47 Å². The van der Waals surface area contributed by atoms with Crippen LogP contribution in [-0.4, -0.2) is 36.2 Å². The van der Waals surface area contributed by atoms with Crippen molar-refractivity contribution in [3.63, 3.8) is 0 Å². The van der Waals surface area contributed by atoms with Gasteiger partial charge >= 0.3 is 0 Å². The van der Waals surface area contributed by atoms with Crippen molar-refractivity contribution in [1.82, 2.24) is 4.90 Å². The Labute approximate surface area is 164 Å². The molecule has 0 N–H and O–H groups in total. The van der Waals surface area contributed by atoms with Gasteiger partial charge in [0.15, 0.2) is 17.3 Å². The van der Waals surface area contributed by atoms with E-state index in [1.807, 2.05) is 36.4 Å². The molecule has 0 amide bonds. The number of Topliss-reactive ketones (excluding diaryl/α,β-unsaturated/α-hetero) is 1. The Morgan fingerprint density at radius 2 is 1.74 bits per heavy atom. The summed E-state index contributed by atoms with van der Waals surface area (Å²) in [5.41, 5.74) is 0.312. The molecule has 2 aliphatic heterocycles. The molecule has 2 heterocycles. The van der Waals surface area contributed by atoms with Crippen LogP contribution in [0.4, 0.5) is 4.39 Å². The van der Waals surface area contributed by atoms with Crippen LogP contribution < -0.4 is 9.47 Å². The predicted octanol–water partition coefficient (Wildman–Crippen LogP) is 4.41. The highest BCUT2D eigenvalue weighted by molar-refractivity contribution is 5.96. The molecular weight excluding hydrogens is 369 g/mol. The molecule has 4 rings (SSSR count). The van der Waals surface area contributed by atoms with E-state index in [9.17, 15) is 4.79 Å². The Bertz CT molecular complexity index is 791. The number of carbonyl (C=O) groups excluding carboxylic acids is 1. The van der Waals surface area contributed by atoms with Crippen LogP contribution in [0.1, 0.15) is 35.2 Å². The summed E-state index contributed by atoms with van der Waals surface area (Å²) in [6.07, 6.45) is 0.737. The summed E-state index contributed by atoms with van der Waals surface area (Å²) in [5, 5.41) is 0. The molecule has 0 aromatic heterocycles. The van der Waals surface area contributed by atoms with Gasteiger partial charge in [-0.15, -0.1) is 12.4 Å². The standard InChI is InChI=1S/C21H22FNO3.ClH/c22-21(13-18(24)17-4-2-1-3-5-17)8-10-23(11-9-21)14-16-6-7-19-20(12-16)26-15-25-19;/h1-7,12H,8-11,13-15H2;1H. The van der Waals surface area contributed by atoms with E-state index in [1.165, 1.54) is 0 Å². The van der Waals surface area contributed by atoms with Crippen LogP contribution in [0.2, 0.25) is 0 Å². The van der Waals surface area contributed by atoms with Gasteiger partial charge in [0.05, 0.1) is 0 Å². The van der Waals surface area contributed by atoms with Gasteiger partial charge in [-0.2, -0.15) is 0 Å². The third-order valence-corrected chi connectivity index (χ3v) is 5.17. The second-order valence-corrected chi connectivity index (χ2v) is 7.08. The fraction of sp³-hybridized carbons (Fsp3) is 0.381. The van der Waals surface area contributed by atoms with Gasteiger partial charge in [0, 0.05) is 31.6 Å². The number of benzene rings is 2. The Morgan fingerprint density at radius 3 is 2.48 bits per heavy atom. The number of hydrogen-bond donors (Lipinski definition) is 0. The van der Waals surface area contributed by atoms with Crippen LogP contribution in [0.15, 0.2) is 48.5 Å². The number of carbonyl (C=O) groups is 1. The van der Waals surface area contributed by atoms with E-state index in [4.69, 9.17) is 9.47 Å². The first kappa shape index (κ1) is 19.6. The molecule has 2 aromatic rings. The highest BCUT2D eigenvalue weighted by atomic mass is 35.5. The molecular formula is C21H23ClFNO3. The molecule has 6 heteroatoms. The molecule has 0 atom stereocenters. The number of ether oxygens (including phenoxy) is 2. The molecule has 4 nitrogen and oxygen atoms in total. The quantitative estimate of drug-likeness (QED) is 0.707. The topological polar surface area (TPSA) is 38.8 Å². The second-order valence-electron chi connectivity index (χ2n) is 7.08. The lowest BCUT2D eigenvalue weighted by Gasteiger charge is -2.36. The first-order chi connectivity index (χ1) is 12.6. The third-order valence-electron chi connectivity index (χ3n) is 5.17. The van der Waals surface area contributed by atoms with E-state index in [-0.39, 0.29) is 31.4 Å². The van der Waals surface area contributed by atoms with Crippen LogP contribution >= 0.6 is 12.4 Å². The lowest BCUT2D eigenvalue weighted by atomic mass is 9.86. The minimum absolute atomic E-state index is 0. The molecule has 0 spiro atoms. The first-order valence-electron chi connectivity index (χ1n) is 8.99. The van der Waals surface area contributed by atoms with Gasteiger partial charge in [0.25, 0.3) is 0 Å². The minimum Gasteiger partial charge on any atom is -0.454 e. The van der Waals surface area contributed by atoms with E-state index >= 15 is 4.39 Å². The average molecular weight is 392 g/mol. The van der Waals surface area contributed by atoms with Crippen molar-refractivity contribution in [3.05, 3.63) is 59.7 Å². The summed E-state index contributed by atoms with van der Waals surface area (Å²) in [7, 11) is 0. The Kier molecular flexibility index (Phi) is 6.02. The van der Waals surface area contributed by atoms with Gasteiger partial charge in [0.2, 0.25) is 6.79 Å². The van der Waals surface area contributed by atoms with Gasteiger partial charge in [-0.05, 0) is 30.5 Å². The van der Waals surface area contributed by atoms with Crippen molar-refractivity contribution in [1.29, 1.82) is 0 Å². The van der Waals surface area contributed by atoms with Crippen molar-refractivity contribution in [3.8, 4) is 11.5 Å². The van der Waals surface area contributed by atoms with Crippen LogP contribution in [0.5, 0.6) is 11.5 Å². The molecule has 2 aromatic carbocycles. The molecule has 0 aliphatic carbocycles. The summed E-state index contributed by atoms with van der Waals surface area (Å²) < 4.78 is 25.9. The largest absolute Gasteiger partial charge is 0.454 e. The maximum Gasteiger partial charge on any atom is 0.231 e. The summed E-state index contributed by atoms with van der Waals surface area (Å²) in [6.45, 7) is 2.31. The Balaban J connectivity index is 0.00000210. The maximum absolute atomic E-state index is 15.1. The van der Waals surface area contributed by atoms with Crippen molar-refractivity contribution < 1.29 is 18.7 Å². The smallest absolute Gasteiger partial charge is 0.231 e. The number of halogens is 2. The van der Waals surface area contributed by atoms with Crippen LogP contribution in [0, 0.1) is 0 Å². The SMILES string of the molecule is Cl.O=C(CC1(F)CCN(Cc2ccc3c(c2)OCO3)CC1)c1ccccc1. The summed E-state index contributed by atoms with van der Waals surface area (Å²) in [4.78, 5) is 14.5. The number of likely N-dealkylation sites (tertiary alicyclic amines) is 1. The molecule has 1 fully saturated rings. The zero-order valence-electron chi connectivity index (χ0n) is 15.0. The highest BCUT2D eigenvalue weighted by Gasteiger charge is 2.36. The van der Waals surface area contributed by atoms with Crippen molar-refractivity contribution in [2.45, 2.75) is 31.5 Å². The summed E-state index contributed by atoms with van der Waals surface area (Å²) in [5.74, 6) is 1.43. The zero-order valence-corrected chi connectivity index (χ0v) is 15.8. The van der Waals surface area contributed by atoms with E-state index in [1.54, 1.807) is 12.1 Å². The molecule has 0 radical (unpaired) electrons. The zero-order chi connectivity index (χ0) is 18.0. The number of nitrogens with zero attached hydrogens (tertiary/aromatic N) is 1. The van der Waals surface area contributed by atoms with Crippen LogP contribution in [0.3, 0.4) is 0 Å². The van der Waals surface area contributed by atoms with E-state index < -0.39 is 5.67 Å². The van der Waals surface area contributed by atoms with Crippen molar-refractivity contribution in [2.24, 2.45) is 0 Å². The normalized spacial score (nSPS) is 18.0. The van der Waals surface area contributed by atoms with E-state index in [2.05, 4.69) is 4.90 Å². The number of rotatable bonds is 5. The molecule has 0 bridgehead atoms. The first-order valence-corrected chi connectivity index (χ1v) is 8.99. The number of piperidine rings is 1. The van der Waals surface area contributed by atoms with E-state index in [0.717, 1.165) is 23.6 Å². The number of ketones is 1. The van der Waals surface area contributed by atoms with Crippen molar-refractivity contribution >= 4 is 18.2 Å². The second kappa shape index (κ2) is 8.28. The van der Waals surface area contributed by atoms with Gasteiger partial charge in [-0.25, -0.2) is 4.39 Å². The summed E-state index contributed by atoms with van der Waals surface area (Å²) in [6, 6.07) is 14.9. The van der Waals surface area contributed by atoms with Crippen molar-refractivity contribution in [2.75, 3.05) is 19.9 Å². The molecule has 144 valence electrons. The molecule has 27 heavy (non-hydrogen) atoms.